The highest BCUT2D eigenvalue weighted by Crippen LogP contribution is 2.09. The molecule has 1 heterocycles. The number of hydrogen-bond donors (Lipinski definition) is 2. The minimum absolute atomic E-state index is 0. The molecule has 0 radical (unpaired) electrons. The van der Waals surface area contributed by atoms with Gasteiger partial charge in [-0.15, -0.1) is 0 Å². The Morgan fingerprint density at radius 1 is 1.00 bits per heavy atom. The van der Waals surface area contributed by atoms with Crippen LogP contribution in [0.15, 0.2) is 24.3 Å². The first kappa shape index (κ1) is 15.0. The van der Waals surface area contributed by atoms with Gasteiger partial charge in [-0.05, 0) is 12.1 Å². The molecule has 1 aromatic rings. The molecule has 0 spiro atoms. The Bertz CT molecular complexity index is 271. The average molecular weight is 270 g/mol. The predicted molar refractivity (Wildman–Crippen MR) is 53.5 cm³/mol. The van der Waals surface area contributed by atoms with E-state index in [1.807, 2.05) is 12.1 Å². The summed E-state index contributed by atoms with van der Waals surface area (Å²) in [6, 6.07) is 8.20. The van der Waals surface area contributed by atoms with Gasteiger partial charge in [0.25, 0.3) is 0 Å². The smallest absolute Gasteiger partial charge is 0.132 e. The number of quaternary nitrogens is 2. The van der Waals surface area contributed by atoms with Crippen LogP contribution in [0.25, 0.3) is 0 Å². The van der Waals surface area contributed by atoms with Crippen LogP contribution in [-0.4, -0.2) is 26.2 Å². The summed E-state index contributed by atoms with van der Waals surface area (Å²) in [4.78, 5) is 1.58. The molecule has 0 aromatic heterocycles. The Balaban J connectivity index is 0.000000980. The molecule has 0 bridgehead atoms. The summed E-state index contributed by atoms with van der Waals surface area (Å²) in [5, 5.41) is 3.20. The molecular weight excluding hydrogens is 254 g/mol. The van der Waals surface area contributed by atoms with Crippen molar-refractivity contribution in [1.82, 2.24) is 0 Å². The predicted octanol–water partition coefficient (Wildman–Crippen LogP) is -6.56. The molecule has 86 valence electrons. The van der Waals surface area contributed by atoms with Crippen molar-refractivity contribution in [1.29, 1.82) is 0 Å². The van der Waals surface area contributed by atoms with Crippen LogP contribution >= 0.6 is 11.6 Å². The highest BCUT2D eigenvalue weighted by Gasteiger charge is 2.17. The fourth-order valence-corrected chi connectivity index (χ4v) is 1.92. The highest BCUT2D eigenvalue weighted by molar-refractivity contribution is 6.30. The van der Waals surface area contributed by atoms with Crippen LogP contribution in [-0.2, 0) is 0 Å². The van der Waals surface area contributed by atoms with Crippen LogP contribution in [0.5, 0.6) is 0 Å². The molecule has 2 nitrogen and oxygen atoms in total. The van der Waals surface area contributed by atoms with Gasteiger partial charge in [-0.2, -0.15) is 0 Å². The van der Waals surface area contributed by atoms with Crippen molar-refractivity contribution in [2.45, 2.75) is 0 Å². The number of hydrogen-bond acceptors (Lipinski definition) is 0. The summed E-state index contributed by atoms with van der Waals surface area (Å²) in [5.41, 5.74) is 1.37. The molecule has 15 heavy (non-hydrogen) atoms. The van der Waals surface area contributed by atoms with E-state index in [1.54, 1.807) is 4.90 Å². The molecule has 2 rings (SSSR count). The maximum absolute atomic E-state index is 5.84. The zero-order valence-electron chi connectivity index (χ0n) is 8.35. The molecule has 0 aliphatic carbocycles. The van der Waals surface area contributed by atoms with Crippen molar-refractivity contribution < 1.29 is 35.0 Å². The lowest BCUT2D eigenvalue weighted by molar-refractivity contribution is -0.895. The third kappa shape index (κ3) is 4.17. The second kappa shape index (κ2) is 7.31. The Morgan fingerprint density at radius 3 is 2.07 bits per heavy atom. The van der Waals surface area contributed by atoms with Gasteiger partial charge in [0.15, 0.2) is 0 Å². The molecule has 3 N–H and O–H groups in total. The molecule has 0 amide bonds. The lowest BCUT2D eigenvalue weighted by Gasteiger charge is -2.21. The first-order valence-corrected chi connectivity index (χ1v) is 5.16. The number of nitrogens with two attached hydrogens (primary N) is 1. The minimum Gasteiger partial charge on any atom is -1.00 e. The van der Waals surface area contributed by atoms with Gasteiger partial charge in [0.2, 0.25) is 0 Å². The monoisotopic (exact) mass is 268 g/mol. The summed E-state index contributed by atoms with van der Waals surface area (Å²) in [5.74, 6) is 0. The number of nitrogens with one attached hydrogen (secondary N) is 1. The van der Waals surface area contributed by atoms with Gasteiger partial charge in [-0.25, -0.2) is 0 Å². The number of halogens is 3. The van der Waals surface area contributed by atoms with Crippen molar-refractivity contribution in [2.75, 3.05) is 26.2 Å². The van der Waals surface area contributed by atoms with E-state index < -0.39 is 0 Å². The van der Waals surface area contributed by atoms with E-state index in [4.69, 9.17) is 11.6 Å². The van der Waals surface area contributed by atoms with E-state index in [0.29, 0.717) is 0 Å². The van der Waals surface area contributed by atoms with Gasteiger partial charge in [0, 0.05) is 17.2 Å². The third-order valence-electron chi connectivity index (χ3n) is 2.55. The lowest BCUT2D eigenvalue weighted by Crippen LogP contribution is -3.17. The molecule has 0 atom stereocenters. The van der Waals surface area contributed by atoms with Crippen LogP contribution < -0.4 is 35.0 Å². The first-order valence-electron chi connectivity index (χ1n) is 4.78. The molecule has 0 unspecified atom stereocenters. The summed E-state index contributed by atoms with van der Waals surface area (Å²) in [6.07, 6.45) is 0. The zero-order valence-corrected chi connectivity index (χ0v) is 10.6. The van der Waals surface area contributed by atoms with Gasteiger partial charge >= 0.3 is 0 Å². The van der Waals surface area contributed by atoms with Crippen molar-refractivity contribution in [3.63, 3.8) is 0 Å². The normalized spacial score (nSPS) is 16.3. The Morgan fingerprint density at radius 2 is 1.53 bits per heavy atom. The van der Waals surface area contributed by atoms with Gasteiger partial charge in [-0.3, -0.25) is 4.90 Å². The van der Waals surface area contributed by atoms with E-state index in [2.05, 4.69) is 17.4 Å². The number of piperazine rings is 1. The summed E-state index contributed by atoms with van der Waals surface area (Å²) >= 11 is 5.84. The topological polar surface area (TPSA) is 21.1 Å². The zero-order chi connectivity index (χ0) is 9.10. The fraction of sp³-hybridized carbons (Fsp3) is 0.400. The number of rotatable bonds is 1. The second-order valence-electron chi connectivity index (χ2n) is 3.48. The minimum atomic E-state index is 0. The maximum atomic E-state index is 5.84. The maximum Gasteiger partial charge on any atom is 0.132 e. The van der Waals surface area contributed by atoms with Crippen LogP contribution in [0.1, 0.15) is 0 Å². The Hall–Kier alpha value is 0.01000. The lowest BCUT2D eigenvalue weighted by atomic mass is 10.2. The van der Waals surface area contributed by atoms with Crippen LogP contribution in [0.4, 0.5) is 5.69 Å². The molecular formula is C10H15Cl3N2. The molecule has 0 saturated carbocycles. The van der Waals surface area contributed by atoms with Crippen LogP contribution in [0.3, 0.4) is 0 Å². The van der Waals surface area contributed by atoms with Crippen molar-refractivity contribution in [3.8, 4) is 0 Å². The summed E-state index contributed by atoms with van der Waals surface area (Å²) < 4.78 is 0. The quantitative estimate of drug-likeness (QED) is 0.506. The second-order valence-corrected chi connectivity index (χ2v) is 3.91. The SMILES string of the molecule is Clc1ccc([NH+]2CC[NH2+]CC2)cc1.[Cl-].[Cl-]. The molecule has 1 aliphatic rings. The van der Waals surface area contributed by atoms with Crippen molar-refractivity contribution >= 4 is 17.3 Å². The molecule has 1 fully saturated rings. The van der Waals surface area contributed by atoms with E-state index in [9.17, 15) is 0 Å². The molecule has 1 aromatic carbocycles. The standard InChI is InChI=1S/C10H13ClN2.2ClH/c11-9-1-3-10(4-2-9)13-7-5-12-6-8-13;;/h1-4,12H,5-8H2;2*1H. The van der Waals surface area contributed by atoms with Gasteiger partial charge in [-0.1, -0.05) is 11.6 Å². The van der Waals surface area contributed by atoms with E-state index in [0.717, 1.165) is 5.02 Å². The van der Waals surface area contributed by atoms with Gasteiger partial charge < -0.3 is 30.1 Å². The summed E-state index contributed by atoms with van der Waals surface area (Å²) in [7, 11) is 0. The molecule has 5 heteroatoms. The van der Waals surface area contributed by atoms with Crippen molar-refractivity contribution in [2.24, 2.45) is 0 Å². The summed E-state index contributed by atoms with van der Waals surface area (Å²) in [6.45, 7) is 4.92. The number of benzene rings is 1. The average Bonchev–Trinajstić information content (AvgIpc) is 2.20. The fourth-order valence-electron chi connectivity index (χ4n) is 1.80. The first-order chi connectivity index (χ1) is 6.36. The van der Waals surface area contributed by atoms with Crippen molar-refractivity contribution in [3.05, 3.63) is 29.3 Å². The van der Waals surface area contributed by atoms with Gasteiger partial charge in [0.05, 0.1) is 0 Å². The molecule has 1 saturated heterocycles. The van der Waals surface area contributed by atoms with Crippen LogP contribution in [0, 0.1) is 0 Å². The third-order valence-corrected chi connectivity index (χ3v) is 2.80. The van der Waals surface area contributed by atoms with E-state index >= 15 is 0 Å². The van der Waals surface area contributed by atoms with E-state index in [1.165, 1.54) is 31.9 Å². The Labute approximate surface area is 108 Å². The largest absolute Gasteiger partial charge is 1.00 e. The van der Waals surface area contributed by atoms with Gasteiger partial charge in [0.1, 0.15) is 31.9 Å². The van der Waals surface area contributed by atoms with E-state index in [-0.39, 0.29) is 24.8 Å². The molecule has 1 aliphatic heterocycles. The highest BCUT2D eigenvalue weighted by atomic mass is 35.5. The Kier molecular flexibility index (Phi) is 7.32. The van der Waals surface area contributed by atoms with Crippen LogP contribution in [0.2, 0.25) is 5.02 Å².